The van der Waals surface area contributed by atoms with E-state index >= 15 is 0 Å². The summed E-state index contributed by atoms with van der Waals surface area (Å²) >= 11 is 0. The first-order valence-electron chi connectivity index (χ1n) is 7.66. The molecule has 23 heavy (non-hydrogen) atoms. The summed E-state index contributed by atoms with van der Waals surface area (Å²) in [6, 6.07) is 4.60. The molecule has 0 fully saturated rings. The molecule has 0 radical (unpaired) electrons. The standard InChI is InChI=1S/C16H21NO5S/c1-3-5-7-14-12(6-4-2)13-9-8-11(22-23(17,19)20)10-15(13)21-16(14)18/h8-10H,3-7H2,1-2H3,(H2,17,19,20). The van der Waals surface area contributed by atoms with E-state index in [0.29, 0.717) is 17.6 Å². The van der Waals surface area contributed by atoms with Gasteiger partial charge in [-0.15, -0.1) is 0 Å². The average Bonchev–Trinajstić information content (AvgIpc) is 2.45. The predicted molar refractivity (Wildman–Crippen MR) is 88.8 cm³/mol. The molecule has 2 aromatic rings. The Morgan fingerprint density at radius 1 is 1.13 bits per heavy atom. The summed E-state index contributed by atoms with van der Waals surface area (Å²) in [5.74, 6) is 0.0203. The highest BCUT2D eigenvalue weighted by molar-refractivity contribution is 7.84. The average molecular weight is 339 g/mol. The van der Waals surface area contributed by atoms with Crippen LogP contribution in [0, 0.1) is 0 Å². The van der Waals surface area contributed by atoms with Gasteiger partial charge >= 0.3 is 15.9 Å². The van der Waals surface area contributed by atoms with Gasteiger partial charge in [0.15, 0.2) is 0 Å². The van der Waals surface area contributed by atoms with Gasteiger partial charge < -0.3 is 8.60 Å². The van der Waals surface area contributed by atoms with Crippen LogP contribution in [-0.4, -0.2) is 8.42 Å². The molecule has 0 atom stereocenters. The summed E-state index contributed by atoms with van der Waals surface area (Å²) in [5, 5.41) is 5.66. The van der Waals surface area contributed by atoms with Crippen molar-refractivity contribution < 1.29 is 17.0 Å². The van der Waals surface area contributed by atoms with Crippen LogP contribution in [0.2, 0.25) is 0 Å². The number of hydrogen-bond acceptors (Lipinski definition) is 5. The van der Waals surface area contributed by atoms with Gasteiger partial charge in [-0.2, -0.15) is 13.6 Å². The maximum absolute atomic E-state index is 12.3. The maximum Gasteiger partial charge on any atom is 0.380 e. The lowest BCUT2D eigenvalue weighted by atomic mass is 9.97. The van der Waals surface area contributed by atoms with E-state index in [0.717, 1.165) is 36.6 Å². The van der Waals surface area contributed by atoms with Gasteiger partial charge in [-0.25, -0.2) is 4.79 Å². The lowest BCUT2D eigenvalue weighted by Crippen LogP contribution is -2.19. The molecule has 0 spiro atoms. The van der Waals surface area contributed by atoms with Gasteiger partial charge in [-0.3, -0.25) is 0 Å². The molecule has 0 bridgehead atoms. The largest absolute Gasteiger partial charge is 0.422 e. The van der Waals surface area contributed by atoms with Crippen LogP contribution in [0.1, 0.15) is 44.2 Å². The molecule has 0 saturated heterocycles. The molecule has 2 N–H and O–H groups in total. The normalized spacial score (nSPS) is 11.8. The van der Waals surface area contributed by atoms with Gasteiger partial charge in [0, 0.05) is 17.0 Å². The summed E-state index contributed by atoms with van der Waals surface area (Å²) in [7, 11) is -4.12. The Balaban J connectivity index is 2.60. The van der Waals surface area contributed by atoms with Gasteiger partial charge in [0.1, 0.15) is 11.3 Å². The molecule has 0 aliphatic rings. The molecule has 7 heteroatoms. The Kier molecular flexibility index (Phi) is 5.43. The highest BCUT2D eigenvalue weighted by Gasteiger charge is 2.15. The number of unbranched alkanes of at least 4 members (excludes halogenated alkanes) is 1. The Morgan fingerprint density at radius 3 is 2.48 bits per heavy atom. The molecule has 0 unspecified atom stereocenters. The molecule has 0 aliphatic carbocycles. The summed E-state index contributed by atoms with van der Waals surface area (Å²) in [4.78, 5) is 12.3. The third-order valence-electron chi connectivity index (χ3n) is 3.58. The molecule has 2 rings (SSSR count). The van der Waals surface area contributed by atoms with Gasteiger partial charge in [-0.05, 0) is 37.0 Å². The van der Waals surface area contributed by atoms with Gasteiger partial charge in [0.25, 0.3) is 0 Å². The van der Waals surface area contributed by atoms with Crippen molar-refractivity contribution in [2.24, 2.45) is 5.14 Å². The fourth-order valence-electron chi connectivity index (χ4n) is 2.61. The molecule has 0 aliphatic heterocycles. The second kappa shape index (κ2) is 7.14. The van der Waals surface area contributed by atoms with Crippen LogP contribution in [0.25, 0.3) is 11.0 Å². The Morgan fingerprint density at radius 2 is 1.87 bits per heavy atom. The van der Waals surface area contributed by atoms with Crippen molar-refractivity contribution in [3.8, 4) is 5.75 Å². The van der Waals surface area contributed by atoms with Crippen molar-refractivity contribution in [2.75, 3.05) is 0 Å². The SMILES string of the molecule is CCCCc1c(CCC)c2ccc(OS(N)(=O)=O)cc2oc1=O. The molecule has 1 heterocycles. The maximum atomic E-state index is 12.3. The lowest BCUT2D eigenvalue weighted by Gasteiger charge is -2.11. The van der Waals surface area contributed by atoms with Crippen molar-refractivity contribution in [3.05, 3.63) is 39.7 Å². The zero-order chi connectivity index (χ0) is 17.0. The zero-order valence-electron chi connectivity index (χ0n) is 13.3. The first-order valence-corrected chi connectivity index (χ1v) is 9.13. The Hall–Kier alpha value is -1.86. The number of hydrogen-bond donors (Lipinski definition) is 1. The van der Waals surface area contributed by atoms with E-state index in [2.05, 4.69) is 11.1 Å². The van der Waals surface area contributed by atoms with E-state index in [9.17, 15) is 13.2 Å². The topological polar surface area (TPSA) is 99.6 Å². The molecule has 1 aromatic carbocycles. The van der Waals surface area contributed by atoms with Crippen molar-refractivity contribution in [2.45, 2.75) is 46.0 Å². The quantitative estimate of drug-likeness (QED) is 0.782. The molecular weight excluding hydrogens is 318 g/mol. The summed E-state index contributed by atoms with van der Waals surface area (Å²) in [6.45, 7) is 4.11. The molecule has 0 amide bonds. The second-order valence-corrected chi connectivity index (χ2v) is 6.59. The molecule has 1 aromatic heterocycles. The van der Waals surface area contributed by atoms with E-state index < -0.39 is 10.3 Å². The van der Waals surface area contributed by atoms with E-state index in [1.165, 1.54) is 12.1 Å². The van der Waals surface area contributed by atoms with Gasteiger partial charge in [-0.1, -0.05) is 26.7 Å². The molecule has 126 valence electrons. The first kappa shape index (κ1) is 17.5. The third kappa shape index (κ3) is 4.33. The number of nitrogens with two attached hydrogens (primary N) is 1. The van der Waals surface area contributed by atoms with Crippen LogP contribution in [0.15, 0.2) is 27.4 Å². The second-order valence-electron chi connectivity index (χ2n) is 5.43. The molecular formula is C16H21NO5S. The summed E-state index contributed by atoms with van der Waals surface area (Å²) in [5.41, 5.74) is 1.61. The van der Waals surface area contributed by atoms with Crippen LogP contribution < -0.4 is 14.9 Å². The van der Waals surface area contributed by atoms with Crippen molar-refractivity contribution in [1.29, 1.82) is 0 Å². The third-order valence-corrected chi connectivity index (χ3v) is 4.01. The van der Waals surface area contributed by atoms with Crippen molar-refractivity contribution >= 4 is 21.3 Å². The van der Waals surface area contributed by atoms with Crippen LogP contribution >= 0.6 is 0 Å². The fraction of sp³-hybridized carbons (Fsp3) is 0.438. The van der Waals surface area contributed by atoms with E-state index in [1.807, 2.05) is 6.92 Å². The van der Waals surface area contributed by atoms with Crippen LogP contribution in [0.4, 0.5) is 0 Å². The van der Waals surface area contributed by atoms with Gasteiger partial charge in [0.05, 0.1) is 0 Å². The number of aryl methyl sites for hydroxylation is 1. The Labute approximate surface area is 135 Å². The van der Waals surface area contributed by atoms with Crippen LogP contribution in [0.5, 0.6) is 5.75 Å². The minimum absolute atomic E-state index is 0.0203. The minimum Gasteiger partial charge on any atom is -0.422 e. The highest BCUT2D eigenvalue weighted by atomic mass is 32.2. The summed E-state index contributed by atoms with van der Waals surface area (Å²) < 4.78 is 32.0. The number of fused-ring (bicyclic) bond motifs is 1. The van der Waals surface area contributed by atoms with Gasteiger partial charge in [0.2, 0.25) is 0 Å². The van der Waals surface area contributed by atoms with Crippen LogP contribution in [0.3, 0.4) is 0 Å². The monoisotopic (exact) mass is 339 g/mol. The van der Waals surface area contributed by atoms with E-state index in [4.69, 9.17) is 9.56 Å². The lowest BCUT2D eigenvalue weighted by molar-refractivity contribution is 0.486. The molecule has 0 saturated carbocycles. The van der Waals surface area contributed by atoms with Crippen molar-refractivity contribution in [3.63, 3.8) is 0 Å². The minimum atomic E-state index is -4.12. The predicted octanol–water partition coefficient (Wildman–Crippen LogP) is 2.67. The van der Waals surface area contributed by atoms with Crippen LogP contribution in [-0.2, 0) is 23.1 Å². The fourth-order valence-corrected chi connectivity index (χ4v) is 2.98. The van der Waals surface area contributed by atoms with Crippen molar-refractivity contribution in [1.82, 2.24) is 0 Å². The smallest absolute Gasteiger partial charge is 0.380 e. The van der Waals surface area contributed by atoms with E-state index in [1.54, 1.807) is 6.07 Å². The number of rotatable bonds is 7. The highest BCUT2D eigenvalue weighted by Crippen LogP contribution is 2.26. The van der Waals surface area contributed by atoms with E-state index in [-0.39, 0.29) is 11.4 Å². The first-order chi connectivity index (χ1) is 10.9. The zero-order valence-corrected chi connectivity index (χ0v) is 14.1. The Bertz CT molecular complexity index is 855. The number of benzene rings is 1. The summed E-state index contributed by atoms with van der Waals surface area (Å²) in [6.07, 6.45) is 4.24. The molecule has 6 nitrogen and oxygen atoms in total.